The molecule has 0 fully saturated rings. The van der Waals surface area contributed by atoms with E-state index in [4.69, 9.17) is 26.2 Å². The van der Waals surface area contributed by atoms with Gasteiger partial charge in [0.2, 0.25) is 5.95 Å². The zero-order valence-corrected chi connectivity index (χ0v) is 30.2. The van der Waals surface area contributed by atoms with Crippen LogP contribution in [0, 0.1) is 0 Å². The van der Waals surface area contributed by atoms with Crippen LogP contribution in [0.4, 0.5) is 0 Å². The molecule has 266 valence electrons. The van der Waals surface area contributed by atoms with E-state index in [1.807, 2.05) is 83.4 Å². The van der Waals surface area contributed by atoms with Gasteiger partial charge in [0.05, 0.1) is 28.9 Å². The molecule has 0 unspecified atom stereocenters. The molecule has 12 aromatic rings. The molecule has 0 aliphatic carbocycles. The predicted octanol–water partition coefficient (Wildman–Crippen LogP) is 13.0. The molecule has 6 heteroatoms. The van der Waals surface area contributed by atoms with Gasteiger partial charge in [-0.3, -0.25) is 4.57 Å². The van der Waals surface area contributed by atoms with Gasteiger partial charge in [-0.25, -0.2) is 4.98 Å². The molecule has 0 aliphatic heterocycles. The summed E-state index contributed by atoms with van der Waals surface area (Å²) >= 11 is 0. The van der Waals surface area contributed by atoms with E-state index in [1.54, 1.807) is 0 Å². The van der Waals surface area contributed by atoms with Crippen LogP contribution in [0.5, 0.6) is 0 Å². The lowest BCUT2D eigenvalue weighted by atomic mass is 10.0. The van der Waals surface area contributed by atoms with E-state index in [0.29, 0.717) is 16.7 Å². The average Bonchev–Trinajstić information content (AvgIpc) is 3.97. The van der Waals surface area contributed by atoms with E-state index >= 15 is 0 Å². The fourth-order valence-electron chi connectivity index (χ4n) is 8.31. The topological polar surface area (TPSA) is 61.7 Å². The Morgan fingerprint density at radius 2 is 0.982 bits per heavy atom. The summed E-state index contributed by atoms with van der Waals surface area (Å²) in [6.07, 6.45) is 0. The van der Waals surface area contributed by atoms with Crippen molar-refractivity contribution in [3.63, 3.8) is 0 Å². The number of para-hydroxylation sites is 3. The second kappa shape index (κ2) is 12.3. The van der Waals surface area contributed by atoms with Crippen molar-refractivity contribution in [2.75, 3.05) is 0 Å². The van der Waals surface area contributed by atoms with E-state index in [-0.39, 0.29) is 23.2 Å². The van der Waals surface area contributed by atoms with Crippen LogP contribution in [0.15, 0.2) is 192 Å². The lowest BCUT2D eigenvalue weighted by molar-refractivity contribution is 0.669. The SMILES string of the molecule is [2H]c1c([2H])c([2H])c(-c2nc(-c3ccc4c(c3)oc3ccc(-n5c6ccccc6c6ccc(-c7ccccc7)cc65)cc34)nc(-n3c4ccccc4c4ccccc43)n2)c([2H])c1[2H]. The minimum Gasteiger partial charge on any atom is -0.456 e. The summed E-state index contributed by atoms with van der Waals surface area (Å²) in [5.74, 6) is 0.450. The standard InChI is InChI=1S/C51H31N5O/c1-3-13-32(14-4-1)34-23-26-40-39-19-7-10-20-43(39)55(46(40)29-34)36-25-28-47-42(31-36)41-27-24-35(30-48(41)57-47)50-52-49(33-15-5-2-6-16-33)53-51(54-50)56-44-21-11-8-17-37(44)38-18-9-12-22-45(38)56/h1-31H/i2D,5D,6D,15D,16D. The van der Waals surface area contributed by atoms with Gasteiger partial charge >= 0.3 is 0 Å². The van der Waals surface area contributed by atoms with E-state index in [1.165, 1.54) is 10.8 Å². The number of hydrogen-bond donors (Lipinski definition) is 0. The number of aromatic nitrogens is 5. The van der Waals surface area contributed by atoms with Crippen LogP contribution < -0.4 is 0 Å². The molecule has 8 aromatic carbocycles. The van der Waals surface area contributed by atoms with Crippen molar-refractivity contribution in [2.24, 2.45) is 0 Å². The van der Waals surface area contributed by atoms with Gasteiger partial charge in [0.25, 0.3) is 0 Å². The molecule has 0 N–H and O–H groups in total. The van der Waals surface area contributed by atoms with Gasteiger partial charge < -0.3 is 8.98 Å². The highest BCUT2D eigenvalue weighted by Crippen LogP contribution is 2.38. The highest BCUT2D eigenvalue weighted by molar-refractivity contribution is 6.12. The first kappa shape index (κ1) is 26.9. The summed E-state index contributed by atoms with van der Waals surface area (Å²) in [6, 6.07) is 51.3. The van der Waals surface area contributed by atoms with Crippen molar-refractivity contribution in [1.29, 1.82) is 0 Å². The molecular formula is C51H31N5O. The van der Waals surface area contributed by atoms with Crippen molar-refractivity contribution in [3.8, 4) is 45.5 Å². The molecule has 0 saturated carbocycles. The van der Waals surface area contributed by atoms with Gasteiger partial charge in [-0.05, 0) is 65.7 Å². The third-order valence-electron chi connectivity index (χ3n) is 10.9. The summed E-state index contributed by atoms with van der Waals surface area (Å²) in [6.45, 7) is 0. The number of benzene rings is 8. The monoisotopic (exact) mass is 734 g/mol. The molecule has 0 radical (unpaired) electrons. The highest BCUT2D eigenvalue weighted by Gasteiger charge is 2.19. The first-order valence-corrected chi connectivity index (χ1v) is 18.7. The fourth-order valence-corrected chi connectivity index (χ4v) is 8.31. The zero-order valence-electron chi connectivity index (χ0n) is 35.2. The molecule has 12 rings (SSSR count). The molecule has 4 heterocycles. The predicted molar refractivity (Wildman–Crippen MR) is 232 cm³/mol. The van der Waals surface area contributed by atoms with E-state index in [0.717, 1.165) is 60.4 Å². The van der Waals surface area contributed by atoms with E-state index < -0.39 is 30.2 Å². The number of nitrogens with zero attached hydrogens (tertiary/aromatic N) is 5. The third kappa shape index (κ3) is 4.94. The maximum absolute atomic E-state index is 8.84. The second-order valence-electron chi connectivity index (χ2n) is 14.1. The number of hydrogen-bond acceptors (Lipinski definition) is 4. The molecule has 6 nitrogen and oxygen atoms in total. The summed E-state index contributed by atoms with van der Waals surface area (Å²) in [4.78, 5) is 14.7. The van der Waals surface area contributed by atoms with Gasteiger partial charge in [-0.1, -0.05) is 133 Å². The lowest BCUT2D eigenvalue weighted by Gasteiger charge is -2.11. The normalized spacial score (nSPS) is 13.1. The Morgan fingerprint density at radius 1 is 0.386 bits per heavy atom. The number of fused-ring (bicyclic) bond motifs is 9. The van der Waals surface area contributed by atoms with Gasteiger partial charge in [-0.15, -0.1) is 0 Å². The largest absolute Gasteiger partial charge is 0.456 e. The summed E-state index contributed by atoms with van der Waals surface area (Å²) in [7, 11) is 0. The zero-order chi connectivity index (χ0) is 41.8. The van der Waals surface area contributed by atoms with Crippen LogP contribution in [0.1, 0.15) is 6.85 Å². The van der Waals surface area contributed by atoms with Gasteiger partial charge in [0, 0.05) is 49.1 Å². The van der Waals surface area contributed by atoms with Crippen molar-refractivity contribution < 1.29 is 11.3 Å². The van der Waals surface area contributed by atoms with Crippen molar-refractivity contribution in [1.82, 2.24) is 24.1 Å². The summed E-state index contributed by atoms with van der Waals surface area (Å²) < 4.78 is 53.6. The van der Waals surface area contributed by atoms with Crippen molar-refractivity contribution in [2.45, 2.75) is 0 Å². The Bertz CT molecular complexity index is 3750. The minimum atomic E-state index is -0.491. The van der Waals surface area contributed by atoms with Crippen molar-refractivity contribution >= 4 is 65.6 Å². The lowest BCUT2D eigenvalue weighted by Crippen LogP contribution is -2.06. The Morgan fingerprint density at radius 3 is 1.70 bits per heavy atom. The van der Waals surface area contributed by atoms with E-state index in [2.05, 4.69) is 83.4 Å². The molecule has 0 spiro atoms. The molecular weight excluding hydrogens is 699 g/mol. The molecule has 0 amide bonds. The molecule has 0 atom stereocenters. The Labute approximate surface area is 333 Å². The van der Waals surface area contributed by atoms with Crippen LogP contribution >= 0.6 is 0 Å². The quantitative estimate of drug-likeness (QED) is 0.177. The Hall–Kier alpha value is -7.83. The highest BCUT2D eigenvalue weighted by atomic mass is 16.3. The van der Waals surface area contributed by atoms with Gasteiger partial charge in [0.15, 0.2) is 11.6 Å². The number of furan rings is 1. The maximum Gasteiger partial charge on any atom is 0.238 e. The Balaban J connectivity index is 1.05. The summed E-state index contributed by atoms with van der Waals surface area (Å²) in [5.41, 5.74) is 9.01. The summed E-state index contributed by atoms with van der Waals surface area (Å²) in [5, 5.41) is 6.17. The smallest absolute Gasteiger partial charge is 0.238 e. The van der Waals surface area contributed by atoms with Crippen LogP contribution in [0.25, 0.3) is 111 Å². The minimum absolute atomic E-state index is 0.0418. The van der Waals surface area contributed by atoms with E-state index in [9.17, 15) is 0 Å². The number of rotatable bonds is 5. The molecule has 4 aromatic heterocycles. The first-order chi connectivity index (χ1) is 30.3. The molecule has 57 heavy (non-hydrogen) atoms. The molecule has 0 saturated heterocycles. The second-order valence-corrected chi connectivity index (χ2v) is 14.1. The third-order valence-corrected chi connectivity index (χ3v) is 10.9. The van der Waals surface area contributed by atoms with Crippen LogP contribution in [-0.2, 0) is 0 Å². The van der Waals surface area contributed by atoms with Crippen molar-refractivity contribution in [3.05, 3.63) is 188 Å². The fraction of sp³-hybridized carbons (Fsp3) is 0. The van der Waals surface area contributed by atoms with Gasteiger partial charge in [0.1, 0.15) is 11.2 Å². The Kier molecular flexibility index (Phi) is 5.82. The van der Waals surface area contributed by atoms with Crippen LogP contribution in [0.3, 0.4) is 0 Å². The molecule has 0 bridgehead atoms. The van der Waals surface area contributed by atoms with Crippen LogP contribution in [-0.4, -0.2) is 24.1 Å². The van der Waals surface area contributed by atoms with Gasteiger partial charge in [-0.2, -0.15) is 9.97 Å². The molecule has 0 aliphatic rings. The maximum atomic E-state index is 8.84. The average molecular weight is 735 g/mol. The first-order valence-electron chi connectivity index (χ1n) is 21.2. The van der Waals surface area contributed by atoms with Crippen LogP contribution in [0.2, 0.25) is 0 Å².